The summed E-state index contributed by atoms with van der Waals surface area (Å²) in [6, 6.07) is 11.9. The van der Waals surface area contributed by atoms with E-state index in [-0.39, 0.29) is 5.56 Å². The van der Waals surface area contributed by atoms with Crippen LogP contribution in [0.3, 0.4) is 0 Å². The predicted octanol–water partition coefficient (Wildman–Crippen LogP) is 4.16. The van der Waals surface area contributed by atoms with Gasteiger partial charge in [-0.1, -0.05) is 23.7 Å². The van der Waals surface area contributed by atoms with Gasteiger partial charge in [0.05, 0.1) is 21.5 Å². The third-order valence-corrected chi connectivity index (χ3v) is 3.62. The zero-order chi connectivity index (χ0) is 13.8. The molecule has 1 aromatic heterocycles. The van der Waals surface area contributed by atoms with E-state index in [1.807, 2.05) is 6.07 Å². The quantitative estimate of drug-likeness (QED) is 0.863. The summed E-state index contributed by atoms with van der Waals surface area (Å²) in [5.74, 6) is -0.987. The third-order valence-electron chi connectivity index (χ3n) is 2.44. The Morgan fingerprint density at radius 2 is 1.84 bits per heavy atom. The molecule has 0 saturated heterocycles. The van der Waals surface area contributed by atoms with Gasteiger partial charge < -0.3 is 5.11 Å². The lowest BCUT2D eigenvalue weighted by molar-refractivity contribution is 0.0697. The maximum absolute atomic E-state index is 10.8. The zero-order valence-electron chi connectivity index (χ0n) is 9.63. The Balaban J connectivity index is 2.35. The highest BCUT2D eigenvalue weighted by Crippen LogP contribution is 2.26. The maximum Gasteiger partial charge on any atom is 0.335 e. The molecule has 0 radical (unpaired) electrons. The minimum Gasteiger partial charge on any atom is -0.478 e. The van der Waals surface area contributed by atoms with Crippen molar-refractivity contribution in [3.63, 3.8) is 0 Å². The predicted molar refractivity (Wildman–Crippen MR) is 76.2 cm³/mol. The summed E-state index contributed by atoms with van der Waals surface area (Å²) >= 11 is 7.21. The summed E-state index contributed by atoms with van der Waals surface area (Å²) < 4.78 is 0.657. The van der Waals surface area contributed by atoms with Crippen LogP contribution < -0.4 is 0 Å². The van der Waals surface area contributed by atoms with Gasteiger partial charge in [0.15, 0.2) is 0 Å². The van der Waals surface area contributed by atoms with E-state index in [2.05, 4.69) is 6.07 Å². The van der Waals surface area contributed by atoms with Crippen LogP contribution in [-0.2, 0) is 0 Å². The molecule has 5 heteroatoms. The van der Waals surface area contributed by atoms with Crippen molar-refractivity contribution < 1.29 is 9.90 Å². The number of carbonyl (C=O) groups is 1. The molecule has 0 fully saturated rings. The highest BCUT2D eigenvalue weighted by molar-refractivity contribution is 7.17. The molecule has 0 spiro atoms. The van der Waals surface area contributed by atoms with Crippen molar-refractivity contribution in [1.82, 2.24) is 0 Å². The summed E-state index contributed by atoms with van der Waals surface area (Å²) in [6.45, 7) is 0. The van der Waals surface area contributed by atoms with E-state index in [4.69, 9.17) is 22.0 Å². The molecule has 19 heavy (non-hydrogen) atoms. The molecule has 2 aromatic rings. The number of hydrogen-bond acceptors (Lipinski definition) is 3. The van der Waals surface area contributed by atoms with Crippen molar-refractivity contribution in [3.05, 3.63) is 56.7 Å². The van der Waals surface area contributed by atoms with Crippen LogP contribution >= 0.6 is 22.9 Å². The van der Waals surface area contributed by atoms with Crippen molar-refractivity contribution in [1.29, 1.82) is 5.26 Å². The minimum atomic E-state index is -0.987. The number of carboxylic acids is 1. The molecule has 0 bridgehead atoms. The van der Waals surface area contributed by atoms with Crippen LogP contribution in [0.2, 0.25) is 4.34 Å². The number of thiophene rings is 1. The van der Waals surface area contributed by atoms with Gasteiger partial charge in [-0.2, -0.15) is 5.26 Å². The number of nitriles is 1. The summed E-state index contributed by atoms with van der Waals surface area (Å²) in [5.41, 5.74) is 1.34. The number of carboxylic acid groups (broad SMARTS) is 1. The van der Waals surface area contributed by atoms with Crippen molar-refractivity contribution in [2.24, 2.45) is 0 Å². The molecule has 2 rings (SSSR count). The van der Waals surface area contributed by atoms with E-state index in [1.54, 1.807) is 24.3 Å². The summed E-state index contributed by atoms with van der Waals surface area (Å²) in [6.07, 6.45) is 1.73. The second-order valence-corrected chi connectivity index (χ2v) is 5.44. The molecule has 1 N–H and O–H groups in total. The Hall–Kier alpha value is -2.09. The zero-order valence-corrected chi connectivity index (χ0v) is 11.2. The molecular weight excluding hydrogens is 282 g/mol. The van der Waals surface area contributed by atoms with E-state index in [1.165, 1.54) is 23.5 Å². The summed E-state index contributed by atoms with van der Waals surface area (Å²) in [5, 5.41) is 18.0. The van der Waals surface area contributed by atoms with E-state index >= 15 is 0 Å². The molecule has 0 amide bonds. The van der Waals surface area contributed by atoms with Crippen molar-refractivity contribution in [2.45, 2.75) is 0 Å². The molecule has 94 valence electrons. The first-order valence-corrected chi connectivity index (χ1v) is 6.50. The molecule has 3 nitrogen and oxygen atoms in total. The second kappa shape index (κ2) is 5.70. The minimum absolute atomic E-state index is 0.195. The number of hydrogen-bond donors (Lipinski definition) is 1. The fourth-order valence-electron chi connectivity index (χ4n) is 1.52. The standard InChI is InChI=1S/C14H8ClNO2S/c15-13-6-5-12(19-13)7-11(8-16)9-1-3-10(4-2-9)14(17)18/h1-7H,(H,17,18). The molecule has 0 aliphatic carbocycles. The van der Waals surface area contributed by atoms with Crippen LogP contribution in [0.15, 0.2) is 36.4 Å². The Kier molecular flexibility index (Phi) is 4.00. The van der Waals surface area contributed by atoms with Gasteiger partial charge in [0.1, 0.15) is 0 Å². The molecule has 0 unspecified atom stereocenters. The van der Waals surface area contributed by atoms with Gasteiger partial charge in [-0.15, -0.1) is 11.3 Å². The first-order valence-electron chi connectivity index (χ1n) is 5.31. The van der Waals surface area contributed by atoms with Crippen LogP contribution in [0.25, 0.3) is 11.6 Å². The van der Waals surface area contributed by atoms with Crippen molar-refractivity contribution in [2.75, 3.05) is 0 Å². The van der Waals surface area contributed by atoms with Crippen LogP contribution in [0.4, 0.5) is 0 Å². The van der Waals surface area contributed by atoms with E-state index in [9.17, 15) is 4.79 Å². The summed E-state index contributed by atoms with van der Waals surface area (Å²) in [7, 11) is 0. The molecule has 0 aliphatic rings. The number of rotatable bonds is 3. The van der Waals surface area contributed by atoms with E-state index in [0.717, 1.165) is 4.88 Å². The number of aromatic carboxylic acids is 1. The molecular formula is C14H8ClNO2S. The second-order valence-electron chi connectivity index (χ2n) is 3.69. The molecule has 0 aliphatic heterocycles. The Morgan fingerprint density at radius 1 is 1.21 bits per heavy atom. The maximum atomic E-state index is 10.8. The van der Waals surface area contributed by atoms with Gasteiger partial charge >= 0.3 is 5.97 Å². The molecule has 1 heterocycles. The van der Waals surface area contributed by atoms with E-state index in [0.29, 0.717) is 15.5 Å². The first-order chi connectivity index (χ1) is 9.10. The van der Waals surface area contributed by atoms with Crippen molar-refractivity contribution in [3.8, 4) is 6.07 Å². The van der Waals surface area contributed by atoms with Crippen molar-refractivity contribution >= 4 is 40.6 Å². The van der Waals surface area contributed by atoms with Crippen LogP contribution in [0.1, 0.15) is 20.8 Å². The molecule has 1 aromatic carbocycles. The van der Waals surface area contributed by atoms with Gasteiger partial charge in [0.2, 0.25) is 0 Å². The summed E-state index contributed by atoms with van der Waals surface area (Å²) in [4.78, 5) is 11.6. The number of halogens is 1. The van der Waals surface area contributed by atoms with Crippen LogP contribution in [-0.4, -0.2) is 11.1 Å². The highest BCUT2D eigenvalue weighted by atomic mass is 35.5. The SMILES string of the molecule is N#CC(=Cc1ccc(Cl)s1)c1ccc(C(=O)O)cc1. The molecule has 0 atom stereocenters. The highest BCUT2D eigenvalue weighted by Gasteiger charge is 2.05. The fraction of sp³-hybridized carbons (Fsp3) is 0. The van der Waals surface area contributed by atoms with Crippen LogP contribution in [0, 0.1) is 11.3 Å². The van der Waals surface area contributed by atoms with Gasteiger partial charge in [-0.3, -0.25) is 0 Å². The number of benzene rings is 1. The van der Waals surface area contributed by atoms with Gasteiger partial charge in [-0.05, 0) is 35.9 Å². The van der Waals surface area contributed by atoms with E-state index < -0.39 is 5.97 Å². The first kappa shape index (κ1) is 13.3. The van der Waals surface area contributed by atoms with Crippen LogP contribution in [0.5, 0.6) is 0 Å². The Labute approximate surface area is 119 Å². The van der Waals surface area contributed by atoms with Gasteiger partial charge in [0.25, 0.3) is 0 Å². The topological polar surface area (TPSA) is 61.1 Å². The Bertz CT molecular complexity index is 680. The molecule has 0 saturated carbocycles. The normalized spacial score (nSPS) is 11.1. The Morgan fingerprint density at radius 3 is 2.32 bits per heavy atom. The third kappa shape index (κ3) is 3.22. The lowest BCUT2D eigenvalue weighted by Gasteiger charge is -1.99. The van der Waals surface area contributed by atoms with Gasteiger partial charge in [0, 0.05) is 4.88 Å². The van der Waals surface area contributed by atoms with Gasteiger partial charge in [-0.25, -0.2) is 4.79 Å². The average molecular weight is 290 g/mol. The number of nitrogens with zero attached hydrogens (tertiary/aromatic N) is 1. The largest absolute Gasteiger partial charge is 0.478 e. The lowest BCUT2D eigenvalue weighted by Crippen LogP contribution is -1.95. The average Bonchev–Trinajstić information content (AvgIpc) is 2.81. The lowest BCUT2D eigenvalue weighted by atomic mass is 10.0. The monoisotopic (exact) mass is 289 g/mol. The fourth-order valence-corrected chi connectivity index (χ4v) is 2.52. The number of allylic oxidation sites excluding steroid dienone is 1. The smallest absolute Gasteiger partial charge is 0.335 e.